The van der Waals surface area contributed by atoms with E-state index in [4.69, 9.17) is 0 Å². The lowest BCUT2D eigenvalue weighted by Crippen LogP contribution is -2.60. The number of methoxy groups -OCH3 is 1. The molecule has 1 heterocycles. The molecule has 0 aliphatic carbocycles. The lowest BCUT2D eigenvalue weighted by Gasteiger charge is -2.26. The van der Waals surface area contributed by atoms with Crippen molar-refractivity contribution in [3.63, 3.8) is 0 Å². The Bertz CT molecular complexity index is 558. The summed E-state index contributed by atoms with van der Waals surface area (Å²) in [6, 6.07) is 2.54. The van der Waals surface area contributed by atoms with Gasteiger partial charge in [0.05, 0.1) is 5.69 Å². The van der Waals surface area contributed by atoms with Crippen LogP contribution < -0.4 is 10.2 Å². The third-order valence-corrected chi connectivity index (χ3v) is 2.78. The number of hydrogen-bond donors (Lipinski definition) is 1. The maximum atomic E-state index is 12.9. The van der Waals surface area contributed by atoms with Crippen LogP contribution in [0.4, 0.5) is 28.0 Å². The molecule has 1 atom stereocenters. The average molecular weight is 292 g/mol. The largest absolute Gasteiger partial charge is 0.446 e. The Morgan fingerprint density at radius 3 is 2.15 bits per heavy atom. The molecule has 1 fully saturated rings. The van der Waals surface area contributed by atoms with E-state index in [1.165, 1.54) is 5.32 Å². The first kappa shape index (κ1) is 14.3. The van der Waals surface area contributed by atoms with E-state index in [1.807, 2.05) is 0 Å². The summed E-state index contributed by atoms with van der Waals surface area (Å²) < 4.78 is 55.8. The summed E-state index contributed by atoms with van der Waals surface area (Å²) in [5.74, 6) is -2.29. The smallest absolute Gasteiger partial charge is 0.344 e. The van der Waals surface area contributed by atoms with E-state index in [9.17, 15) is 27.2 Å². The molecule has 3 amide bonds. The van der Waals surface area contributed by atoms with Gasteiger partial charge in [0.15, 0.2) is 0 Å². The number of urea groups is 1. The maximum absolute atomic E-state index is 12.9. The van der Waals surface area contributed by atoms with Gasteiger partial charge in [-0.1, -0.05) is 0 Å². The van der Waals surface area contributed by atoms with Crippen LogP contribution in [0.3, 0.4) is 0 Å². The highest BCUT2D eigenvalue weighted by Crippen LogP contribution is 2.37. The number of anilines is 1. The molecule has 1 aliphatic rings. The summed E-state index contributed by atoms with van der Waals surface area (Å²) in [7, 11) is 0.653. The van der Waals surface area contributed by atoms with Gasteiger partial charge in [-0.25, -0.2) is 14.1 Å². The molecule has 1 unspecified atom stereocenters. The number of rotatable bonds is 2. The number of benzene rings is 1. The van der Waals surface area contributed by atoms with Gasteiger partial charge in [-0.15, -0.1) is 0 Å². The summed E-state index contributed by atoms with van der Waals surface area (Å²) in [5.41, 5.74) is -3.63. The highest BCUT2D eigenvalue weighted by molar-refractivity contribution is 6.23. The number of nitrogens with one attached hydrogen (secondary N) is 1. The molecule has 20 heavy (non-hydrogen) atoms. The zero-order valence-corrected chi connectivity index (χ0v) is 9.99. The number of alkyl halides is 3. The van der Waals surface area contributed by atoms with E-state index in [-0.39, 0.29) is 10.6 Å². The molecule has 1 aromatic rings. The van der Waals surface area contributed by atoms with Gasteiger partial charge in [0.1, 0.15) is 5.82 Å². The molecule has 0 saturated carbocycles. The monoisotopic (exact) mass is 292 g/mol. The molecule has 1 aromatic carbocycles. The number of ether oxygens (including phenoxy) is 1. The molecule has 2 rings (SSSR count). The molecule has 0 bridgehead atoms. The van der Waals surface area contributed by atoms with Crippen molar-refractivity contribution in [1.82, 2.24) is 5.32 Å². The molecular formula is C11H8F4N2O3. The van der Waals surface area contributed by atoms with E-state index < -0.39 is 29.7 Å². The topological polar surface area (TPSA) is 58.6 Å². The number of carbonyl (C=O) groups is 2. The second kappa shape index (κ2) is 4.44. The van der Waals surface area contributed by atoms with E-state index in [1.54, 1.807) is 0 Å². The molecule has 0 aromatic heterocycles. The minimum Gasteiger partial charge on any atom is -0.344 e. The van der Waals surface area contributed by atoms with Crippen LogP contribution >= 0.6 is 0 Å². The predicted molar refractivity (Wildman–Crippen MR) is 58.2 cm³/mol. The first-order valence-electron chi connectivity index (χ1n) is 5.27. The van der Waals surface area contributed by atoms with E-state index in [2.05, 4.69) is 4.74 Å². The van der Waals surface area contributed by atoms with Crippen molar-refractivity contribution in [2.45, 2.75) is 11.9 Å². The fourth-order valence-corrected chi connectivity index (χ4v) is 1.78. The van der Waals surface area contributed by atoms with Gasteiger partial charge in [-0.3, -0.25) is 10.1 Å². The Kier molecular flexibility index (Phi) is 3.17. The summed E-state index contributed by atoms with van der Waals surface area (Å²) in [6.45, 7) is 0. The Balaban J connectivity index is 2.46. The number of nitrogens with zero attached hydrogens (tertiary/aromatic N) is 1. The van der Waals surface area contributed by atoms with Gasteiger partial charge in [-0.2, -0.15) is 13.2 Å². The van der Waals surface area contributed by atoms with Crippen molar-refractivity contribution >= 4 is 17.6 Å². The van der Waals surface area contributed by atoms with Gasteiger partial charge < -0.3 is 4.74 Å². The molecule has 5 nitrogen and oxygen atoms in total. The molecule has 9 heteroatoms. The quantitative estimate of drug-likeness (QED) is 0.668. The predicted octanol–water partition coefficient (Wildman–Crippen LogP) is 1.79. The summed E-state index contributed by atoms with van der Waals surface area (Å²) in [6.07, 6.45) is -5.14. The number of hydrogen-bond acceptors (Lipinski definition) is 3. The lowest BCUT2D eigenvalue weighted by atomic mass is 10.2. The second-order valence-electron chi connectivity index (χ2n) is 3.93. The molecule has 1 N–H and O–H groups in total. The third-order valence-electron chi connectivity index (χ3n) is 2.78. The standard InChI is InChI=1S/C11H8F4N2O3/c1-20-10(11(13,14)15)8(18)17(9(19)16-10)7-4-2-6(12)3-5-7/h2-5H,1H3,(H,16,19). The molecule has 108 valence electrons. The van der Waals surface area contributed by atoms with E-state index >= 15 is 0 Å². The number of halogens is 4. The van der Waals surface area contributed by atoms with Crippen LogP contribution in [0.15, 0.2) is 24.3 Å². The molecular weight excluding hydrogens is 284 g/mol. The summed E-state index contributed by atoms with van der Waals surface area (Å²) in [5, 5.41) is 1.47. The van der Waals surface area contributed by atoms with Crippen molar-refractivity contribution in [2.75, 3.05) is 12.0 Å². The third kappa shape index (κ3) is 1.90. The van der Waals surface area contributed by atoms with Crippen LogP contribution in [0.25, 0.3) is 0 Å². The molecule has 0 radical (unpaired) electrons. The normalized spacial score (nSPS) is 23.1. The van der Waals surface area contributed by atoms with E-state index in [0.29, 0.717) is 7.11 Å². The Morgan fingerprint density at radius 1 is 1.20 bits per heavy atom. The van der Waals surface area contributed by atoms with Crippen molar-refractivity contribution in [2.24, 2.45) is 0 Å². The average Bonchev–Trinajstić information content (AvgIpc) is 2.62. The Labute approximate surface area is 110 Å². The van der Waals surface area contributed by atoms with Crippen LogP contribution in [0, 0.1) is 5.82 Å². The van der Waals surface area contributed by atoms with Gasteiger partial charge in [0.25, 0.3) is 5.91 Å². The highest BCUT2D eigenvalue weighted by Gasteiger charge is 2.69. The Hall–Kier alpha value is -2.16. The zero-order valence-electron chi connectivity index (χ0n) is 9.99. The first-order chi connectivity index (χ1) is 9.23. The number of carbonyl (C=O) groups excluding carboxylic acids is 2. The number of amides is 3. The van der Waals surface area contributed by atoms with Crippen molar-refractivity contribution in [3.05, 3.63) is 30.1 Å². The molecule has 1 saturated heterocycles. The lowest BCUT2D eigenvalue weighted by molar-refractivity contribution is -0.261. The van der Waals surface area contributed by atoms with Crippen molar-refractivity contribution < 1.29 is 31.9 Å². The summed E-state index contributed by atoms with van der Waals surface area (Å²) in [4.78, 5) is 23.8. The van der Waals surface area contributed by atoms with Crippen LogP contribution in [-0.4, -0.2) is 30.9 Å². The van der Waals surface area contributed by atoms with Crippen LogP contribution in [0.5, 0.6) is 0 Å². The fraction of sp³-hybridized carbons (Fsp3) is 0.273. The second-order valence-corrected chi connectivity index (χ2v) is 3.93. The summed E-state index contributed by atoms with van der Waals surface area (Å²) >= 11 is 0. The minimum absolute atomic E-state index is 0.197. The van der Waals surface area contributed by atoms with Crippen LogP contribution in [-0.2, 0) is 9.53 Å². The Morgan fingerprint density at radius 2 is 1.75 bits per heavy atom. The molecule has 1 aliphatic heterocycles. The van der Waals surface area contributed by atoms with E-state index in [0.717, 1.165) is 24.3 Å². The van der Waals surface area contributed by atoms with Gasteiger partial charge >= 0.3 is 17.9 Å². The van der Waals surface area contributed by atoms with Crippen LogP contribution in [0.1, 0.15) is 0 Å². The zero-order chi connectivity index (χ0) is 15.1. The van der Waals surface area contributed by atoms with Crippen molar-refractivity contribution in [1.29, 1.82) is 0 Å². The van der Waals surface area contributed by atoms with Crippen molar-refractivity contribution in [3.8, 4) is 0 Å². The fourth-order valence-electron chi connectivity index (χ4n) is 1.78. The minimum atomic E-state index is -5.14. The first-order valence-corrected chi connectivity index (χ1v) is 5.27. The van der Waals surface area contributed by atoms with Gasteiger partial charge in [0.2, 0.25) is 0 Å². The van der Waals surface area contributed by atoms with Crippen LogP contribution in [0.2, 0.25) is 0 Å². The highest BCUT2D eigenvalue weighted by atomic mass is 19.4. The van der Waals surface area contributed by atoms with Gasteiger partial charge in [0, 0.05) is 7.11 Å². The maximum Gasteiger partial charge on any atom is 0.446 e. The van der Waals surface area contributed by atoms with Gasteiger partial charge in [-0.05, 0) is 24.3 Å². The number of imide groups is 1. The molecule has 0 spiro atoms. The SMILES string of the molecule is COC1(C(F)(F)F)NC(=O)N(c2ccc(F)cc2)C1=O.